The number of aryl methyl sites for hydroxylation is 1. The normalized spacial score (nSPS) is 22.1. The molecule has 1 fully saturated rings. The highest BCUT2D eigenvalue weighted by atomic mass is 16.3. The van der Waals surface area contributed by atoms with Gasteiger partial charge in [0.15, 0.2) is 0 Å². The molecule has 0 spiro atoms. The number of aliphatic hydroxyl groups is 1. The molecule has 0 atom stereocenters. The topological polar surface area (TPSA) is 35.5 Å². The summed E-state index contributed by atoms with van der Waals surface area (Å²) >= 11 is 0. The molecule has 0 aromatic heterocycles. The Balaban J connectivity index is 2.04. The van der Waals surface area contributed by atoms with E-state index in [2.05, 4.69) is 49.3 Å². The van der Waals surface area contributed by atoms with Gasteiger partial charge in [-0.05, 0) is 43.9 Å². The number of anilines is 1. The van der Waals surface area contributed by atoms with Gasteiger partial charge in [0, 0.05) is 25.8 Å². The van der Waals surface area contributed by atoms with Crippen LogP contribution in [0.25, 0.3) is 0 Å². The molecule has 106 valence electrons. The molecule has 0 heterocycles. The van der Waals surface area contributed by atoms with Crippen LogP contribution in [0.2, 0.25) is 0 Å². The van der Waals surface area contributed by atoms with E-state index in [-0.39, 0.29) is 6.10 Å². The van der Waals surface area contributed by atoms with E-state index in [9.17, 15) is 5.11 Å². The van der Waals surface area contributed by atoms with Crippen molar-refractivity contribution in [2.75, 3.05) is 25.0 Å². The molecule has 1 aliphatic rings. The van der Waals surface area contributed by atoms with E-state index in [1.807, 2.05) is 0 Å². The van der Waals surface area contributed by atoms with Crippen molar-refractivity contribution >= 4 is 5.69 Å². The van der Waals surface area contributed by atoms with E-state index in [0.717, 1.165) is 32.5 Å². The number of aliphatic hydroxyl groups excluding tert-OH is 1. The molecule has 3 nitrogen and oxygen atoms in total. The maximum Gasteiger partial charge on any atom is 0.0546 e. The van der Waals surface area contributed by atoms with Gasteiger partial charge < -0.3 is 15.3 Å². The molecule has 0 bridgehead atoms. The fourth-order valence-corrected chi connectivity index (χ4v) is 2.82. The van der Waals surface area contributed by atoms with Gasteiger partial charge in [-0.25, -0.2) is 0 Å². The Kier molecular flexibility index (Phi) is 4.83. The van der Waals surface area contributed by atoms with Crippen molar-refractivity contribution in [3.8, 4) is 0 Å². The second kappa shape index (κ2) is 6.40. The first-order chi connectivity index (χ1) is 9.10. The third kappa shape index (κ3) is 3.71. The molecule has 1 aliphatic carbocycles. The lowest BCUT2D eigenvalue weighted by molar-refractivity contribution is 0.0464. The van der Waals surface area contributed by atoms with Crippen molar-refractivity contribution in [2.24, 2.45) is 5.92 Å². The molecule has 1 aromatic rings. The first kappa shape index (κ1) is 14.4. The van der Waals surface area contributed by atoms with Gasteiger partial charge in [-0.3, -0.25) is 0 Å². The summed E-state index contributed by atoms with van der Waals surface area (Å²) in [5.74, 6) is 0.647. The van der Waals surface area contributed by atoms with Gasteiger partial charge in [0.1, 0.15) is 0 Å². The van der Waals surface area contributed by atoms with Gasteiger partial charge in [0.05, 0.1) is 6.10 Å². The van der Waals surface area contributed by atoms with Crippen LogP contribution in [0.3, 0.4) is 0 Å². The Labute approximate surface area is 116 Å². The predicted molar refractivity (Wildman–Crippen MR) is 80.6 cm³/mol. The Morgan fingerprint density at radius 2 is 2.11 bits per heavy atom. The smallest absolute Gasteiger partial charge is 0.0546 e. The highest BCUT2D eigenvalue weighted by molar-refractivity contribution is 5.54. The van der Waals surface area contributed by atoms with Crippen LogP contribution in [0.15, 0.2) is 18.2 Å². The second-order valence-corrected chi connectivity index (χ2v) is 5.78. The molecule has 0 saturated heterocycles. The molecule has 19 heavy (non-hydrogen) atoms. The molecule has 2 rings (SSSR count). The minimum Gasteiger partial charge on any atom is -0.393 e. The van der Waals surface area contributed by atoms with Crippen LogP contribution in [-0.2, 0) is 6.54 Å². The number of benzene rings is 1. The van der Waals surface area contributed by atoms with E-state index < -0.39 is 0 Å². The molecular weight excluding hydrogens is 236 g/mol. The minimum atomic E-state index is -0.0577. The largest absolute Gasteiger partial charge is 0.393 e. The summed E-state index contributed by atoms with van der Waals surface area (Å²) in [7, 11) is 2.16. The zero-order valence-electron chi connectivity index (χ0n) is 12.3. The van der Waals surface area contributed by atoms with Crippen LogP contribution in [0.1, 0.15) is 30.9 Å². The van der Waals surface area contributed by atoms with E-state index in [4.69, 9.17) is 0 Å². The summed E-state index contributed by atoms with van der Waals surface area (Å²) in [5, 5.41) is 12.8. The van der Waals surface area contributed by atoms with E-state index >= 15 is 0 Å². The Morgan fingerprint density at radius 3 is 2.74 bits per heavy atom. The average Bonchev–Trinajstić information content (AvgIpc) is 2.34. The van der Waals surface area contributed by atoms with Gasteiger partial charge in [0.25, 0.3) is 0 Å². The number of hydrogen-bond donors (Lipinski definition) is 2. The van der Waals surface area contributed by atoms with Crippen molar-refractivity contribution < 1.29 is 5.11 Å². The number of rotatable bonds is 6. The number of hydrogen-bond acceptors (Lipinski definition) is 3. The first-order valence-electron chi connectivity index (χ1n) is 7.29. The van der Waals surface area contributed by atoms with Gasteiger partial charge >= 0.3 is 0 Å². The van der Waals surface area contributed by atoms with Crippen LogP contribution in [0.4, 0.5) is 5.69 Å². The maximum atomic E-state index is 9.38. The van der Waals surface area contributed by atoms with Gasteiger partial charge in [0.2, 0.25) is 0 Å². The molecule has 0 aliphatic heterocycles. The minimum absolute atomic E-state index is 0.0577. The van der Waals surface area contributed by atoms with Crippen LogP contribution >= 0.6 is 0 Å². The lowest BCUT2D eigenvalue weighted by atomic mass is 9.82. The van der Waals surface area contributed by atoms with Gasteiger partial charge in [-0.2, -0.15) is 0 Å². The van der Waals surface area contributed by atoms with Gasteiger partial charge in [-0.1, -0.05) is 24.6 Å². The van der Waals surface area contributed by atoms with Crippen LogP contribution in [0, 0.1) is 12.8 Å². The Hall–Kier alpha value is -1.06. The zero-order chi connectivity index (χ0) is 13.8. The molecule has 1 saturated carbocycles. The summed E-state index contributed by atoms with van der Waals surface area (Å²) in [5.41, 5.74) is 3.99. The first-order valence-corrected chi connectivity index (χ1v) is 7.29. The predicted octanol–water partition coefficient (Wildman–Crippen LogP) is 2.31. The van der Waals surface area contributed by atoms with Crippen molar-refractivity contribution in [1.29, 1.82) is 0 Å². The summed E-state index contributed by atoms with van der Waals surface area (Å²) in [4.78, 5) is 2.34. The van der Waals surface area contributed by atoms with Crippen LogP contribution in [0.5, 0.6) is 0 Å². The standard InChI is InChI=1S/C16H26N2O/c1-4-17-10-14-7-12(2)5-6-16(14)18(3)11-13-8-15(19)9-13/h5-7,13,15,17,19H,4,8-11H2,1-3H3. The molecule has 1 aromatic carbocycles. The lowest BCUT2D eigenvalue weighted by Gasteiger charge is -2.36. The summed E-state index contributed by atoms with van der Waals surface area (Å²) in [6.07, 6.45) is 1.86. The Bertz CT molecular complexity index is 413. The fourth-order valence-electron chi connectivity index (χ4n) is 2.82. The monoisotopic (exact) mass is 262 g/mol. The maximum absolute atomic E-state index is 9.38. The molecule has 0 radical (unpaired) electrons. The highest BCUT2D eigenvalue weighted by Crippen LogP contribution is 2.30. The third-order valence-electron chi connectivity index (χ3n) is 3.95. The number of nitrogens with zero attached hydrogens (tertiary/aromatic N) is 1. The highest BCUT2D eigenvalue weighted by Gasteiger charge is 2.28. The Morgan fingerprint density at radius 1 is 1.37 bits per heavy atom. The van der Waals surface area contributed by atoms with Crippen molar-refractivity contribution in [3.63, 3.8) is 0 Å². The van der Waals surface area contributed by atoms with Crippen molar-refractivity contribution in [2.45, 2.75) is 39.3 Å². The molecule has 3 heteroatoms. The van der Waals surface area contributed by atoms with Crippen molar-refractivity contribution in [3.05, 3.63) is 29.3 Å². The molecule has 0 amide bonds. The average molecular weight is 262 g/mol. The molecule has 2 N–H and O–H groups in total. The van der Waals surface area contributed by atoms with Gasteiger partial charge in [-0.15, -0.1) is 0 Å². The number of nitrogens with one attached hydrogen (secondary N) is 1. The third-order valence-corrected chi connectivity index (χ3v) is 3.95. The van der Waals surface area contributed by atoms with E-state index in [0.29, 0.717) is 5.92 Å². The summed E-state index contributed by atoms with van der Waals surface area (Å²) in [6, 6.07) is 6.66. The van der Waals surface area contributed by atoms with Crippen LogP contribution < -0.4 is 10.2 Å². The van der Waals surface area contributed by atoms with Crippen LogP contribution in [-0.4, -0.2) is 31.3 Å². The fraction of sp³-hybridized carbons (Fsp3) is 0.625. The zero-order valence-corrected chi connectivity index (χ0v) is 12.3. The van der Waals surface area contributed by atoms with E-state index in [1.165, 1.54) is 16.8 Å². The lowest BCUT2D eigenvalue weighted by Crippen LogP contribution is -2.37. The second-order valence-electron chi connectivity index (χ2n) is 5.78. The summed E-state index contributed by atoms with van der Waals surface area (Å²) < 4.78 is 0. The summed E-state index contributed by atoms with van der Waals surface area (Å²) in [6.45, 7) is 7.23. The SMILES string of the molecule is CCNCc1cc(C)ccc1N(C)CC1CC(O)C1. The van der Waals surface area contributed by atoms with E-state index in [1.54, 1.807) is 0 Å². The molecular formula is C16H26N2O. The quantitative estimate of drug-likeness (QED) is 0.826. The molecule has 0 unspecified atom stereocenters. The van der Waals surface area contributed by atoms with Crippen molar-refractivity contribution in [1.82, 2.24) is 5.32 Å².